The molecule has 1 aliphatic carbocycles. The van der Waals surface area contributed by atoms with Gasteiger partial charge in [0.15, 0.2) is 0 Å². The third-order valence-corrected chi connectivity index (χ3v) is 4.52. The number of amides is 1. The van der Waals surface area contributed by atoms with Crippen LogP contribution in [-0.4, -0.2) is 43.2 Å². The standard InChI is InChI=1S/C14H20F3NO3/c1-21-13(20)10-5-6-18(8-10)12(19)9-3-2-4-11(7-9)14(15,16)17/h9-11H,2-8H2,1H3. The Balaban J connectivity index is 1.93. The van der Waals surface area contributed by atoms with Gasteiger partial charge in [-0.25, -0.2) is 0 Å². The molecule has 0 aromatic heterocycles. The fourth-order valence-electron chi connectivity index (χ4n) is 3.29. The lowest BCUT2D eigenvalue weighted by Crippen LogP contribution is -2.39. The Kier molecular flexibility index (Phi) is 4.78. The van der Waals surface area contributed by atoms with Gasteiger partial charge in [-0.15, -0.1) is 0 Å². The van der Waals surface area contributed by atoms with E-state index in [4.69, 9.17) is 0 Å². The highest BCUT2D eigenvalue weighted by atomic mass is 19.4. The van der Waals surface area contributed by atoms with Gasteiger partial charge in [-0.1, -0.05) is 6.42 Å². The van der Waals surface area contributed by atoms with Gasteiger partial charge in [0.25, 0.3) is 0 Å². The van der Waals surface area contributed by atoms with Gasteiger partial charge in [-0.3, -0.25) is 9.59 Å². The Bertz CT molecular complexity index is 411. The third kappa shape index (κ3) is 3.68. The molecule has 7 heteroatoms. The number of alkyl halides is 3. The molecule has 0 spiro atoms. The molecule has 0 bridgehead atoms. The molecule has 1 aliphatic heterocycles. The Hall–Kier alpha value is -1.27. The van der Waals surface area contributed by atoms with E-state index < -0.39 is 18.0 Å². The van der Waals surface area contributed by atoms with Gasteiger partial charge in [0, 0.05) is 19.0 Å². The van der Waals surface area contributed by atoms with Gasteiger partial charge in [0.2, 0.25) is 5.91 Å². The number of rotatable bonds is 2. The van der Waals surface area contributed by atoms with Crippen LogP contribution >= 0.6 is 0 Å². The van der Waals surface area contributed by atoms with Crippen LogP contribution in [0.5, 0.6) is 0 Å². The van der Waals surface area contributed by atoms with E-state index in [0.29, 0.717) is 25.8 Å². The van der Waals surface area contributed by atoms with Crippen LogP contribution in [0.1, 0.15) is 32.1 Å². The van der Waals surface area contributed by atoms with Gasteiger partial charge >= 0.3 is 12.1 Å². The molecule has 2 rings (SSSR count). The predicted octanol–water partition coefficient (Wildman–Crippen LogP) is 2.38. The van der Waals surface area contributed by atoms with Crippen molar-refractivity contribution in [1.82, 2.24) is 4.90 Å². The van der Waals surface area contributed by atoms with E-state index in [1.807, 2.05) is 0 Å². The fraction of sp³-hybridized carbons (Fsp3) is 0.857. The average Bonchev–Trinajstić information content (AvgIpc) is 2.94. The summed E-state index contributed by atoms with van der Waals surface area (Å²) >= 11 is 0. The van der Waals surface area contributed by atoms with E-state index in [9.17, 15) is 22.8 Å². The molecule has 0 aromatic carbocycles. The number of ether oxygens (including phenoxy) is 1. The van der Waals surface area contributed by atoms with Crippen LogP contribution in [0.3, 0.4) is 0 Å². The van der Waals surface area contributed by atoms with Gasteiger partial charge in [-0.2, -0.15) is 13.2 Å². The largest absolute Gasteiger partial charge is 0.469 e. The molecule has 21 heavy (non-hydrogen) atoms. The molecular formula is C14H20F3NO3. The molecule has 1 amide bonds. The van der Waals surface area contributed by atoms with Crippen LogP contribution in [-0.2, 0) is 14.3 Å². The molecule has 0 N–H and O–H groups in total. The first-order valence-corrected chi connectivity index (χ1v) is 7.26. The van der Waals surface area contributed by atoms with Gasteiger partial charge in [-0.05, 0) is 25.7 Å². The van der Waals surface area contributed by atoms with Crippen LogP contribution in [0.25, 0.3) is 0 Å². The highest BCUT2D eigenvalue weighted by molar-refractivity contribution is 5.81. The minimum Gasteiger partial charge on any atom is -0.469 e. The van der Waals surface area contributed by atoms with Crippen LogP contribution < -0.4 is 0 Å². The maximum Gasteiger partial charge on any atom is 0.391 e. The molecule has 1 saturated carbocycles. The summed E-state index contributed by atoms with van der Waals surface area (Å²) in [5.74, 6) is -2.89. The molecule has 1 saturated heterocycles. The lowest BCUT2D eigenvalue weighted by atomic mass is 9.80. The number of nitrogens with zero attached hydrogens (tertiary/aromatic N) is 1. The fourth-order valence-corrected chi connectivity index (χ4v) is 3.29. The first kappa shape index (κ1) is 16.1. The number of methoxy groups -OCH3 is 1. The number of carbonyl (C=O) groups excluding carboxylic acids is 2. The number of carbonyl (C=O) groups is 2. The van der Waals surface area contributed by atoms with Crippen molar-refractivity contribution in [1.29, 1.82) is 0 Å². The first-order valence-electron chi connectivity index (χ1n) is 7.26. The van der Waals surface area contributed by atoms with E-state index in [2.05, 4.69) is 4.74 Å². The second-order valence-electron chi connectivity index (χ2n) is 5.90. The monoisotopic (exact) mass is 307 g/mol. The molecule has 1 heterocycles. The molecule has 3 atom stereocenters. The van der Waals surface area contributed by atoms with Crippen LogP contribution in [0.15, 0.2) is 0 Å². The summed E-state index contributed by atoms with van der Waals surface area (Å²) in [6.07, 6.45) is -2.79. The van der Waals surface area contributed by atoms with Crippen molar-refractivity contribution >= 4 is 11.9 Å². The van der Waals surface area contributed by atoms with Crippen molar-refractivity contribution < 1.29 is 27.5 Å². The Morgan fingerprint density at radius 2 is 1.86 bits per heavy atom. The minimum atomic E-state index is -4.22. The van der Waals surface area contributed by atoms with Crippen molar-refractivity contribution in [2.75, 3.05) is 20.2 Å². The van der Waals surface area contributed by atoms with Crippen LogP contribution in [0.2, 0.25) is 0 Å². The van der Waals surface area contributed by atoms with Crippen LogP contribution in [0.4, 0.5) is 13.2 Å². The summed E-state index contributed by atoms with van der Waals surface area (Å²) < 4.78 is 43.0. The zero-order valence-electron chi connectivity index (χ0n) is 12.0. The quantitative estimate of drug-likeness (QED) is 0.736. The molecule has 0 radical (unpaired) electrons. The molecule has 4 nitrogen and oxygen atoms in total. The van der Waals surface area contributed by atoms with E-state index in [1.165, 1.54) is 12.0 Å². The average molecular weight is 307 g/mol. The number of hydrogen-bond acceptors (Lipinski definition) is 3. The van der Waals surface area contributed by atoms with E-state index >= 15 is 0 Å². The number of esters is 1. The van der Waals surface area contributed by atoms with Crippen molar-refractivity contribution in [2.24, 2.45) is 17.8 Å². The normalized spacial score (nSPS) is 30.3. The van der Waals surface area contributed by atoms with Crippen LogP contribution in [0, 0.1) is 17.8 Å². The topological polar surface area (TPSA) is 46.6 Å². The SMILES string of the molecule is COC(=O)C1CCN(C(=O)C2CCCC(C(F)(F)F)C2)C1. The molecule has 120 valence electrons. The summed E-state index contributed by atoms with van der Waals surface area (Å²) in [6.45, 7) is 0.685. The first-order chi connectivity index (χ1) is 9.82. The van der Waals surface area contributed by atoms with Gasteiger partial charge in [0.1, 0.15) is 0 Å². The lowest BCUT2D eigenvalue weighted by Gasteiger charge is -2.32. The lowest BCUT2D eigenvalue weighted by molar-refractivity contribution is -0.187. The maximum atomic E-state index is 12.8. The summed E-state index contributed by atoms with van der Waals surface area (Å²) in [5.41, 5.74) is 0. The predicted molar refractivity (Wildman–Crippen MR) is 68.2 cm³/mol. The Labute approximate surface area is 121 Å². The van der Waals surface area contributed by atoms with Crippen molar-refractivity contribution in [2.45, 2.75) is 38.3 Å². The summed E-state index contributed by atoms with van der Waals surface area (Å²) in [4.78, 5) is 25.3. The molecule has 3 unspecified atom stereocenters. The zero-order chi connectivity index (χ0) is 15.6. The summed E-state index contributed by atoms with van der Waals surface area (Å²) in [5, 5.41) is 0. The Morgan fingerprint density at radius 3 is 2.48 bits per heavy atom. The third-order valence-electron chi connectivity index (χ3n) is 4.52. The molecule has 0 aromatic rings. The zero-order valence-corrected chi connectivity index (χ0v) is 12.0. The highest BCUT2D eigenvalue weighted by Gasteiger charge is 2.45. The molecule has 2 fully saturated rings. The van der Waals surface area contributed by atoms with Crippen molar-refractivity contribution in [3.05, 3.63) is 0 Å². The number of halogens is 3. The minimum absolute atomic E-state index is 0.109. The van der Waals surface area contributed by atoms with Gasteiger partial charge < -0.3 is 9.64 Å². The highest BCUT2D eigenvalue weighted by Crippen LogP contribution is 2.40. The smallest absolute Gasteiger partial charge is 0.391 e. The second kappa shape index (κ2) is 6.23. The van der Waals surface area contributed by atoms with E-state index in [-0.39, 0.29) is 37.2 Å². The van der Waals surface area contributed by atoms with E-state index in [1.54, 1.807) is 0 Å². The molecular weight excluding hydrogens is 287 g/mol. The number of likely N-dealkylation sites (tertiary alicyclic amines) is 1. The Morgan fingerprint density at radius 1 is 1.14 bits per heavy atom. The maximum absolute atomic E-state index is 12.8. The summed E-state index contributed by atoms with van der Waals surface area (Å²) in [6, 6.07) is 0. The van der Waals surface area contributed by atoms with Crippen molar-refractivity contribution in [3.63, 3.8) is 0 Å². The molecule has 2 aliphatic rings. The number of hydrogen-bond donors (Lipinski definition) is 0. The van der Waals surface area contributed by atoms with Gasteiger partial charge in [0.05, 0.1) is 18.9 Å². The van der Waals surface area contributed by atoms with E-state index in [0.717, 1.165) is 0 Å². The second-order valence-corrected chi connectivity index (χ2v) is 5.90. The van der Waals surface area contributed by atoms with Crippen molar-refractivity contribution in [3.8, 4) is 0 Å². The summed E-state index contributed by atoms with van der Waals surface area (Å²) in [7, 11) is 1.29.